The number of aryl methyl sites for hydroxylation is 1. The summed E-state index contributed by atoms with van der Waals surface area (Å²) >= 11 is 1.55. The third kappa shape index (κ3) is 2.34. The normalized spacial score (nSPS) is 11.7. The second kappa shape index (κ2) is 5.20. The third-order valence-electron chi connectivity index (χ3n) is 3.39. The van der Waals surface area contributed by atoms with Crippen molar-refractivity contribution in [3.05, 3.63) is 34.7 Å². The molecule has 0 bridgehead atoms. The first kappa shape index (κ1) is 14.2. The van der Waals surface area contributed by atoms with Crippen molar-refractivity contribution in [2.45, 2.75) is 33.4 Å². The summed E-state index contributed by atoms with van der Waals surface area (Å²) < 4.78 is 15.6. The average molecular weight is 304 g/mol. The molecular weight excluding hydrogens is 287 g/mol. The number of benzene rings is 1. The molecule has 0 fully saturated rings. The first-order valence-corrected chi connectivity index (χ1v) is 7.67. The van der Waals surface area contributed by atoms with Crippen LogP contribution in [0.2, 0.25) is 0 Å². The summed E-state index contributed by atoms with van der Waals surface area (Å²) in [7, 11) is 0. The van der Waals surface area contributed by atoms with E-state index in [1.54, 1.807) is 17.4 Å². The predicted octanol–water partition coefficient (Wildman–Crippen LogP) is 3.65. The summed E-state index contributed by atoms with van der Waals surface area (Å²) in [5, 5.41) is 0.885. The monoisotopic (exact) mass is 304 g/mol. The predicted molar refractivity (Wildman–Crippen MR) is 83.8 cm³/mol. The third-order valence-corrected chi connectivity index (χ3v) is 4.56. The van der Waals surface area contributed by atoms with Crippen LogP contribution in [0.25, 0.3) is 21.7 Å². The highest BCUT2D eigenvalue weighted by Gasteiger charge is 2.19. The number of hydrogen-bond donors (Lipinski definition) is 1. The molecule has 4 nitrogen and oxygen atoms in total. The summed E-state index contributed by atoms with van der Waals surface area (Å²) in [6.07, 6.45) is 0. The number of nitrogens with zero attached hydrogens (tertiary/aromatic N) is 3. The lowest BCUT2D eigenvalue weighted by atomic mass is 10.3. The van der Waals surface area contributed by atoms with Gasteiger partial charge in [-0.2, -0.15) is 0 Å². The number of hydrogen-bond acceptors (Lipinski definition) is 4. The summed E-state index contributed by atoms with van der Waals surface area (Å²) in [5.41, 5.74) is 8.19. The van der Waals surface area contributed by atoms with E-state index in [2.05, 4.69) is 28.4 Å². The van der Waals surface area contributed by atoms with Gasteiger partial charge in [-0.05, 0) is 32.9 Å². The molecule has 0 unspecified atom stereocenters. The fraction of sp³-hybridized carbons (Fsp3) is 0.333. The first-order valence-electron chi connectivity index (χ1n) is 6.85. The van der Waals surface area contributed by atoms with E-state index < -0.39 is 0 Å². The Morgan fingerprint density at radius 1 is 1.33 bits per heavy atom. The molecule has 0 radical (unpaired) electrons. The Hall–Kier alpha value is -1.79. The van der Waals surface area contributed by atoms with Crippen molar-refractivity contribution in [2.24, 2.45) is 5.73 Å². The minimum absolute atomic E-state index is 0.221. The van der Waals surface area contributed by atoms with Crippen molar-refractivity contribution >= 4 is 22.4 Å². The molecule has 1 aromatic carbocycles. The van der Waals surface area contributed by atoms with Crippen LogP contribution in [0.1, 0.15) is 30.6 Å². The Morgan fingerprint density at radius 3 is 2.71 bits per heavy atom. The molecule has 0 aliphatic heterocycles. The van der Waals surface area contributed by atoms with Gasteiger partial charge in [0.2, 0.25) is 0 Å². The van der Waals surface area contributed by atoms with Crippen LogP contribution in [-0.4, -0.2) is 14.5 Å². The van der Waals surface area contributed by atoms with Gasteiger partial charge < -0.3 is 10.3 Å². The SMILES string of the molecule is Cc1nc(CN)sc1-c1nc2cc(F)ccc2n1C(C)C. The van der Waals surface area contributed by atoms with Gasteiger partial charge in [0.25, 0.3) is 0 Å². The Kier molecular flexibility index (Phi) is 3.51. The van der Waals surface area contributed by atoms with E-state index in [9.17, 15) is 4.39 Å². The molecule has 3 aromatic rings. The summed E-state index contributed by atoms with van der Waals surface area (Å²) in [4.78, 5) is 10.1. The molecule has 6 heteroatoms. The molecule has 110 valence electrons. The van der Waals surface area contributed by atoms with Crippen molar-refractivity contribution in [2.75, 3.05) is 0 Å². The zero-order valence-corrected chi connectivity index (χ0v) is 13.0. The number of aromatic nitrogens is 3. The average Bonchev–Trinajstić information content (AvgIpc) is 2.98. The molecule has 2 N–H and O–H groups in total. The maximum Gasteiger partial charge on any atom is 0.153 e. The van der Waals surface area contributed by atoms with Gasteiger partial charge in [0.05, 0.1) is 21.6 Å². The molecule has 0 aliphatic carbocycles. The van der Waals surface area contributed by atoms with Crippen molar-refractivity contribution in [1.29, 1.82) is 0 Å². The fourth-order valence-corrected chi connectivity index (χ4v) is 3.43. The van der Waals surface area contributed by atoms with Crippen LogP contribution in [0.15, 0.2) is 18.2 Å². The minimum Gasteiger partial charge on any atom is -0.325 e. The Morgan fingerprint density at radius 2 is 2.10 bits per heavy atom. The van der Waals surface area contributed by atoms with E-state index in [1.165, 1.54) is 12.1 Å². The summed E-state index contributed by atoms with van der Waals surface area (Å²) in [6.45, 7) is 6.56. The maximum atomic E-state index is 13.4. The molecule has 2 heterocycles. The molecule has 0 saturated carbocycles. The largest absolute Gasteiger partial charge is 0.325 e. The molecule has 0 amide bonds. The molecular formula is C15H17FN4S. The zero-order valence-electron chi connectivity index (χ0n) is 12.2. The standard InChI is InChI=1S/C15H17FN4S/c1-8(2)20-12-5-4-10(16)6-11(12)19-15(20)14-9(3)18-13(7-17)21-14/h4-6,8H,7,17H2,1-3H3. The Balaban J connectivity index is 2.30. The highest BCUT2D eigenvalue weighted by molar-refractivity contribution is 7.15. The van der Waals surface area contributed by atoms with E-state index in [4.69, 9.17) is 5.73 Å². The highest BCUT2D eigenvalue weighted by Crippen LogP contribution is 2.34. The van der Waals surface area contributed by atoms with Gasteiger partial charge in [0.15, 0.2) is 5.82 Å². The molecule has 0 aliphatic rings. The number of thiazole rings is 1. The van der Waals surface area contributed by atoms with Gasteiger partial charge >= 0.3 is 0 Å². The van der Waals surface area contributed by atoms with Crippen molar-refractivity contribution in [3.8, 4) is 10.7 Å². The van der Waals surface area contributed by atoms with Crippen LogP contribution in [0.5, 0.6) is 0 Å². The number of rotatable bonds is 3. The van der Waals surface area contributed by atoms with Crippen LogP contribution in [0, 0.1) is 12.7 Å². The Labute approximate surface area is 126 Å². The van der Waals surface area contributed by atoms with Gasteiger partial charge in [-0.15, -0.1) is 11.3 Å². The van der Waals surface area contributed by atoms with E-state index >= 15 is 0 Å². The van der Waals surface area contributed by atoms with Crippen molar-refractivity contribution < 1.29 is 4.39 Å². The second-order valence-corrected chi connectivity index (χ2v) is 6.34. The molecule has 2 aromatic heterocycles. The molecule has 21 heavy (non-hydrogen) atoms. The van der Waals surface area contributed by atoms with Gasteiger partial charge in [0, 0.05) is 18.7 Å². The minimum atomic E-state index is -0.272. The van der Waals surface area contributed by atoms with Gasteiger partial charge in [-0.3, -0.25) is 0 Å². The zero-order chi connectivity index (χ0) is 15.1. The number of halogens is 1. The smallest absolute Gasteiger partial charge is 0.153 e. The highest BCUT2D eigenvalue weighted by atomic mass is 32.1. The van der Waals surface area contributed by atoms with Crippen LogP contribution < -0.4 is 5.73 Å². The molecule has 0 spiro atoms. The van der Waals surface area contributed by atoms with Crippen molar-refractivity contribution in [3.63, 3.8) is 0 Å². The van der Waals surface area contributed by atoms with Gasteiger partial charge in [-0.25, -0.2) is 14.4 Å². The van der Waals surface area contributed by atoms with E-state index in [0.717, 1.165) is 26.9 Å². The summed E-state index contributed by atoms with van der Waals surface area (Å²) in [6, 6.07) is 4.94. The number of fused-ring (bicyclic) bond motifs is 1. The van der Waals surface area contributed by atoms with Crippen LogP contribution in [-0.2, 0) is 6.54 Å². The van der Waals surface area contributed by atoms with Gasteiger partial charge in [-0.1, -0.05) is 0 Å². The lowest BCUT2D eigenvalue weighted by Crippen LogP contribution is -2.02. The van der Waals surface area contributed by atoms with Crippen LogP contribution in [0.4, 0.5) is 4.39 Å². The number of nitrogens with two attached hydrogens (primary N) is 1. The molecule has 0 atom stereocenters. The second-order valence-electron chi connectivity index (χ2n) is 5.26. The molecule has 3 rings (SSSR count). The van der Waals surface area contributed by atoms with Crippen molar-refractivity contribution in [1.82, 2.24) is 14.5 Å². The first-order chi connectivity index (χ1) is 10.0. The van der Waals surface area contributed by atoms with Gasteiger partial charge in [0.1, 0.15) is 10.8 Å². The number of imidazole rings is 1. The lowest BCUT2D eigenvalue weighted by Gasteiger charge is -2.12. The summed E-state index contributed by atoms with van der Waals surface area (Å²) in [5.74, 6) is 0.562. The topological polar surface area (TPSA) is 56.7 Å². The van der Waals surface area contributed by atoms with Crippen LogP contribution >= 0.6 is 11.3 Å². The Bertz CT molecular complexity index is 803. The quantitative estimate of drug-likeness (QED) is 0.803. The fourth-order valence-electron chi connectivity index (χ4n) is 2.50. The van der Waals surface area contributed by atoms with Crippen LogP contribution in [0.3, 0.4) is 0 Å². The lowest BCUT2D eigenvalue weighted by molar-refractivity contribution is 0.621. The maximum absolute atomic E-state index is 13.4. The molecule has 0 saturated heterocycles. The van der Waals surface area contributed by atoms with E-state index in [-0.39, 0.29) is 11.9 Å². The van der Waals surface area contributed by atoms with E-state index in [1.807, 2.05) is 6.92 Å². The van der Waals surface area contributed by atoms with E-state index in [0.29, 0.717) is 12.1 Å².